The summed E-state index contributed by atoms with van der Waals surface area (Å²) in [5.41, 5.74) is 2.27. The number of para-hydroxylation sites is 1. The number of nitrogens with zero attached hydrogens (tertiary/aromatic N) is 1. The fourth-order valence-electron chi connectivity index (χ4n) is 2.31. The van der Waals surface area contributed by atoms with E-state index in [4.69, 9.17) is 11.6 Å². The van der Waals surface area contributed by atoms with Crippen LogP contribution in [0.25, 0.3) is 0 Å². The van der Waals surface area contributed by atoms with Crippen LogP contribution < -0.4 is 16.2 Å². The summed E-state index contributed by atoms with van der Waals surface area (Å²) in [6, 6.07) is 20.0. The number of benzene rings is 2. The second-order valence-electron chi connectivity index (χ2n) is 5.43. The highest BCUT2D eigenvalue weighted by atomic mass is 35.5. The van der Waals surface area contributed by atoms with Gasteiger partial charge < -0.3 is 15.2 Å². The maximum absolute atomic E-state index is 12.1. The molecule has 6 heteroatoms. The molecule has 0 fully saturated rings. The van der Waals surface area contributed by atoms with E-state index in [-0.39, 0.29) is 18.0 Å². The van der Waals surface area contributed by atoms with Crippen LogP contribution in [-0.2, 0) is 11.3 Å². The fraction of sp³-hybridized carbons (Fsp3) is 0.0526. The number of amides is 1. The van der Waals surface area contributed by atoms with Crippen molar-refractivity contribution in [2.75, 3.05) is 10.6 Å². The molecule has 0 atom stereocenters. The Bertz CT molecular complexity index is 921. The number of pyridine rings is 1. The number of nitrogens with one attached hydrogen (secondary N) is 2. The molecule has 3 rings (SSSR count). The maximum Gasteiger partial charge on any atom is 0.251 e. The summed E-state index contributed by atoms with van der Waals surface area (Å²) < 4.78 is 1.27. The molecule has 0 unspecified atom stereocenters. The summed E-state index contributed by atoms with van der Waals surface area (Å²) in [6.07, 6.45) is 1.44. The first-order chi connectivity index (χ1) is 12.1. The molecule has 1 amide bonds. The number of aromatic nitrogens is 1. The minimum atomic E-state index is -0.298. The van der Waals surface area contributed by atoms with Crippen LogP contribution in [-0.4, -0.2) is 10.5 Å². The standard InChI is InChI=1S/C19H16ClN3O2/c20-14-6-11-19(25)23(12-14)13-18(24)22-17-9-7-16(8-10-17)21-15-4-2-1-3-5-15/h1-12,21H,13H2,(H,22,24). The van der Waals surface area contributed by atoms with Crippen LogP contribution in [0, 0.1) is 0 Å². The Hall–Kier alpha value is -3.05. The number of halogens is 1. The van der Waals surface area contributed by atoms with Crippen molar-refractivity contribution in [3.05, 3.63) is 88.3 Å². The van der Waals surface area contributed by atoms with E-state index in [1.54, 1.807) is 12.1 Å². The summed E-state index contributed by atoms with van der Waals surface area (Å²) in [5, 5.41) is 6.43. The minimum absolute atomic E-state index is 0.0938. The van der Waals surface area contributed by atoms with E-state index in [1.165, 1.54) is 22.9 Å². The minimum Gasteiger partial charge on any atom is -0.356 e. The molecule has 0 aliphatic carbocycles. The van der Waals surface area contributed by atoms with Crippen molar-refractivity contribution in [1.29, 1.82) is 0 Å². The number of carbonyl (C=O) groups is 1. The lowest BCUT2D eigenvalue weighted by molar-refractivity contribution is -0.116. The van der Waals surface area contributed by atoms with Gasteiger partial charge in [-0.15, -0.1) is 0 Å². The van der Waals surface area contributed by atoms with Crippen molar-refractivity contribution < 1.29 is 4.79 Å². The second kappa shape index (κ2) is 7.68. The first-order valence-electron chi connectivity index (χ1n) is 7.68. The molecule has 0 saturated heterocycles. The van der Waals surface area contributed by atoms with E-state index < -0.39 is 0 Å². The molecule has 2 N–H and O–H groups in total. The van der Waals surface area contributed by atoms with E-state index in [0.29, 0.717) is 10.7 Å². The lowest BCUT2D eigenvalue weighted by atomic mass is 10.2. The molecule has 0 aliphatic heterocycles. The van der Waals surface area contributed by atoms with Gasteiger partial charge in [-0.1, -0.05) is 29.8 Å². The summed E-state index contributed by atoms with van der Waals surface area (Å²) in [4.78, 5) is 23.8. The highest BCUT2D eigenvalue weighted by molar-refractivity contribution is 6.30. The number of anilines is 3. The molecule has 0 saturated carbocycles. The fourth-order valence-corrected chi connectivity index (χ4v) is 2.49. The van der Waals surface area contributed by atoms with Gasteiger partial charge in [-0.2, -0.15) is 0 Å². The third kappa shape index (κ3) is 4.71. The average Bonchev–Trinajstić information content (AvgIpc) is 2.61. The quantitative estimate of drug-likeness (QED) is 0.731. The zero-order valence-electron chi connectivity index (χ0n) is 13.3. The van der Waals surface area contributed by atoms with Gasteiger partial charge in [0.2, 0.25) is 5.91 Å². The van der Waals surface area contributed by atoms with Gasteiger partial charge in [0, 0.05) is 29.3 Å². The maximum atomic E-state index is 12.1. The monoisotopic (exact) mass is 353 g/mol. The summed E-state index contributed by atoms with van der Waals surface area (Å²) in [5.74, 6) is -0.298. The number of carbonyl (C=O) groups excluding carboxylic acids is 1. The Morgan fingerprint density at radius 1 is 0.880 bits per heavy atom. The van der Waals surface area contributed by atoms with Crippen LogP contribution in [0.1, 0.15) is 0 Å². The predicted molar refractivity (Wildman–Crippen MR) is 101 cm³/mol. The van der Waals surface area contributed by atoms with Crippen molar-refractivity contribution in [1.82, 2.24) is 4.57 Å². The van der Waals surface area contributed by atoms with Crippen molar-refractivity contribution in [3.63, 3.8) is 0 Å². The van der Waals surface area contributed by atoms with Gasteiger partial charge in [-0.3, -0.25) is 9.59 Å². The van der Waals surface area contributed by atoms with Crippen LogP contribution in [0.4, 0.5) is 17.1 Å². The third-order valence-electron chi connectivity index (χ3n) is 3.49. The van der Waals surface area contributed by atoms with Crippen LogP contribution in [0.5, 0.6) is 0 Å². The van der Waals surface area contributed by atoms with Gasteiger partial charge in [-0.25, -0.2) is 0 Å². The SMILES string of the molecule is O=C(Cn1cc(Cl)ccc1=O)Nc1ccc(Nc2ccccc2)cc1. The summed E-state index contributed by atoms with van der Waals surface area (Å²) in [6.45, 7) is -0.0938. The lowest BCUT2D eigenvalue weighted by Gasteiger charge is -2.09. The van der Waals surface area contributed by atoms with Gasteiger partial charge >= 0.3 is 0 Å². The van der Waals surface area contributed by atoms with Gasteiger partial charge in [0.05, 0.1) is 5.02 Å². The second-order valence-corrected chi connectivity index (χ2v) is 5.87. The molecule has 1 heterocycles. The number of hydrogen-bond acceptors (Lipinski definition) is 3. The topological polar surface area (TPSA) is 63.1 Å². The van der Waals surface area contributed by atoms with E-state index in [9.17, 15) is 9.59 Å². The van der Waals surface area contributed by atoms with Crippen LogP contribution in [0.2, 0.25) is 5.02 Å². The smallest absolute Gasteiger partial charge is 0.251 e. The Kier molecular flexibility index (Phi) is 5.16. The Balaban J connectivity index is 1.62. The number of rotatable bonds is 5. The van der Waals surface area contributed by atoms with Crippen molar-refractivity contribution in [2.24, 2.45) is 0 Å². The van der Waals surface area contributed by atoms with Gasteiger partial charge in [0.25, 0.3) is 5.56 Å². The molecule has 3 aromatic rings. The molecule has 0 aliphatic rings. The van der Waals surface area contributed by atoms with E-state index in [2.05, 4.69) is 10.6 Å². The van der Waals surface area contributed by atoms with Crippen molar-refractivity contribution in [2.45, 2.75) is 6.54 Å². The normalized spacial score (nSPS) is 10.3. The van der Waals surface area contributed by atoms with E-state index in [1.807, 2.05) is 42.5 Å². The first-order valence-corrected chi connectivity index (χ1v) is 8.06. The lowest BCUT2D eigenvalue weighted by Crippen LogP contribution is -2.26. The Morgan fingerprint density at radius 2 is 1.52 bits per heavy atom. The highest BCUT2D eigenvalue weighted by Gasteiger charge is 2.06. The van der Waals surface area contributed by atoms with Crippen LogP contribution in [0.15, 0.2) is 77.7 Å². The van der Waals surface area contributed by atoms with Crippen LogP contribution >= 0.6 is 11.6 Å². The summed E-state index contributed by atoms with van der Waals surface area (Å²) >= 11 is 5.85. The zero-order chi connectivity index (χ0) is 17.6. The molecule has 0 radical (unpaired) electrons. The van der Waals surface area contributed by atoms with E-state index in [0.717, 1.165) is 11.4 Å². The largest absolute Gasteiger partial charge is 0.356 e. The zero-order valence-corrected chi connectivity index (χ0v) is 14.0. The molecule has 25 heavy (non-hydrogen) atoms. The van der Waals surface area contributed by atoms with Crippen molar-refractivity contribution in [3.8, 4) is 0 Å². The van der Waals surface area contributed by atoms with Gasteiger partial charge in [-0.05, 0) is 42.5 Å². The molecule has 126 valence electrons. The molecular formula is C19H16ClN3O2. The first kappa shape index (κ1) is 16.8. The Labute approximate surface area is 149 Å². The molecule has 1 aromatic heterocycles. The Morgan fingerprint density at radius 3 is 2.24 bits per heavy atom. The average molecular weight is 354 g/mol. The van der Waals surface area contributed by atoms with Crippen molar-refractivity contribution >= 4 is 34.6 Å². The number of hydrogen-bond donors (Lipinski definition) is 2. The van der Waals surface area contributed by atoms with Gasteiger partial charge in [0.1, 0.15) is 6.54 Å². The highest BCUT2D eigenvalue weighted by Crippen LogP contribution is 2.18. The van der Waals surface area contributed by atoms with E-state index >= 15 is 0 Å². The molecule has 5 nitrogen and oxygen atoms in total. The molecular weight excluding hydrogens is 338 g/mol. The molecule has 2 aromatic carbocycles. The van der Waals surface area contributed by atoms with Gasteiger partial charge in [0.15, 0.2) is 0 Å². The van der Waals surface area contributed by atoms with Crippen LogP contribution in [0.3, 0.4) is 0 Å². The summed E-state index contributed by atoms with van der Waals surface area (Å²) in [7, 11) is 0. The third-order valence-corrected chi connectivity index (χ3v) is 3.72. The predicted octanol–water partition coefficient (Wildman–Crippen LogP) is 3.88. The molecule has 0 bridgehead atoms. The molecule has 0 spiro atoms.